The first-order valence-electron chi connectivity index (χ1n) is 5.27. The molecule has 2 N–H and O–H groups in total. The number of nitrogens with one attached hydrogen (secondary N) is 1. The predicted octanol–water partition coefficient (Wildman–Crippen LogP) is 0.738. The van der Waals surface area contributed by atoms with Crippen LogP contribution >= 0.6 is 0 Å². The number of rotatable bonds is 2. The maximum atomic E-state index is 13.4. The maximum absolute atomic E-state index is 13.4. The molecule has 18 heavy (non-hydrogen) atoms. The molecule has 0 saturated carbocycles. The Morgan fingerprint density at radius 1 is 1.33 bits per heavy atom. The van der Waals surface area contributed by atoms with E-state index in [0.29, 0.717) is 0 Å². The number of benzene rings is 1. The van der Waals surface area contributed by atoms with Crippen molar-refractivity contribution in [2.24, 2.45) is 0 Å². The Morgan fingerprint density at radius 2 is 2.00 bits per heavy atom. The Labute approximate surface area is 101 Å². The highest BCUT2D eigenvalue weighted by Crippen LogP contribution is 2.13. The zero-order valence-electron chi connectivity index (χ0n) is 9.61. The summed E-state index contributed by atoms with van der Waals surface area (Å²) in [7, 11) is 0. The number of nitrogens with zero attached hydrogens (tertiary/aromatic N) is 1. The van der Waals surface area contributed by atoms with Crippen LogP contribution in [0.5, 0.6) is 5.88 Å². The van der Waals surface area contributed by atoms with Crippen molar-refractivity contribution in [3.05, 3.63) is 62.0 Å². The fourth-order valence-corrected chi connectivity index (χ4v) is 1.60. The number of hydrogen-bond donors (Lipinski definition) is 2. The standard InChI is InChI=1S/C12H11FN2O3/c1-7-10(16)14-12(18)15(11(7)17)6-8-4-2-3-5-9(8)13/h2-5,17H,6H2,1H3,(H,14,16,18). The van der Waals surface area contributed by atoms with Crippen molar-refractivity contribution in [2.75, 3.05) is 0 Å². The molecule has 2 rings (SSSR count). The summed E-state index contributed by atoms with van der Waals surface area (Å²) in [5.74, 6) is -0.931. The molecule has 0 fully saturated rings. The summed E-state index contributed by atoms with van der Waals surface area (Å²) in [5.41, 5.74) is -1.15. The highest BCUT2D eigenvalue weighted by molar-refractivity contribution is 5.24. The summed E-state index contributed by atoms with van der Waals surface area (Å²) in [6.07, 6.45) is 0. The average molecular weight is 250 g/mol. The zero-order valence-corrected chi connectivity index (χ0v) is 9.61. The molecule has 5 nitrogen and oxygen atoms in total. The van der Waals surface area contributed by atoms with Gasteiger partial charge in [-0.2, -0.15) is 0 Å². The molecule has 0 aliphatic heterocycles. The molecule has 0 aliphatic rings. The summed E-state index contributed by atoms with van der Waals surface area (Å²) in [5, 5.41) is 9.73. The largest absolute Gasteiger partial charge is 0.494 e. The topological polar surface area (TPSA) is 75.1 Å². The van der Waals surface area contributed by atoms with Crippen LogP contribution in [0.25, 0.3) is 0 Å². The molecule has 6 heteroatoms. The van der Waals surface area contributed by atoms with Crippen molar-refractivity contribution >= 4 is 0 Å². The number of halogens is 1. The van der Waals surface area contributed by atoms with Crippen LogP contribution in [0.4, 0.5) is 4.39 Å². The lowest BCUT2D eigenvalue weighted by molar-refractivity contribution is 0.402. The van der Waals surface area contributed by atoms with Gasteiger partial charge in [-0.05, 0) is 13.0 Å². The number of aromatic amines is 1. The van der Waals surface area contributed by atoms with Crippen LogP contribution in [0.1, 0.15) is 11.1 Å². The van der Waals surface area contributed by atoms with E-state index in [1.807, 2.05) is 0 Å². The fourth-order valence-electron chi connectivity index (χ4n) is 1.60. The van der Waals surface area contributed by atoms with Gasteiger partial charge in [0.05, 0.1) is 12.1 Å². The van der Waals surface area contributed by atoms with Gasteiger partial charge in [0.25, 0.3) is 5.56 Å². The first-order valence-corrected chi connectivity index (χ1v) is 5.27. The monoisotopic (exact) mass is 250 g/mol. The Balaban J connectivity index is 2.55. The molecule has 0 atom stereocenters. The van der Waals surface area contributed by atoms with Gasteiger partial charge in [-0.25, -0.2) is 9.18 Å². The van der Waals surface area contributed by atoms with Crippen molar-refractivity contribution in [3.8, 4) is 5.88 Å². The van der Waals surface area contributed by atoms with E-state index in [2.05, 4.69) is 4.98 Å². The van der Waals surface area contributed by atoms with Gasteiger partial charge in [0.15, 0.2) is 0 Å². The van der Waals surface area contributed by atoms with Gasteiger partial charge in [0.2, 0.25) is 5.88 Å². The second-order valence-corrected chi connectivity index (χ2v) is 3.89. The summed E-state index contributed by atoms with van der Waals surface area (Å²) in [4.78, 5) is 24.8. The Bertz CT molecular complexity index is 703. The van der Waals surface area contributed by atoms with E-state index < -0.39 is 22.9 Å². The van der Waals surface area contributed by atoms with Gasteiger partial charge in [-0.1, -0.05) is 18.2 Å². The van der Waals surface area contributed by atoms with Gasteiger partial charge < -0.3 is 5.11 Å². The first-order chi connectivity index (χ1) is 8.50. The average Bonchev–Trinajstić information content (AvgIpc) is 2.34. The second-order valence-electron chi connectivity index (χ2n) is 3.89. The number of aromatic nitrogens is 2. The first kappa shape index (κ1) is 12.1. The van der Waals surface area contributed by atoms with Crippen molar-refractivity contribution in [2.45, 2.75) is 13.5 Å². The van der Waals surface area contributed by atoms with Gasteiger partial charge in [0.1, 0.15) is 5.82 Å². The molecule has 0 spiro atoms. The van der Waals surface area contributed by atoms with Crippen LogP contribution in [0.2, 0.25) is 0 Å². The third-order valence-corrected chi connectivity index (χ3v) is 2.68. The molecule has 2 aromatic rings. The maximum Gasteiger partial charge on any atom is 0.331 e. The molecular weight excluding hydrogens is 239 g/mol. The van der Waals surface area contributed by atoms with Gasteiger partial charge in [-0.15, -0.1) is 0 Å². The van der Waals surface area contributed by atoms with Crippen molar-refractivity contribution in [1.29, 1.82) is 0 Å². The van der Waals surface area contributed by atoms with Gasteiger partial charge in [0, 0.05) is 5.56 Å². The summed E-state index contributed by atoms with van der Waals surface area (Å²) in [6.45, 7) is 1.24. The molecular formula is C12H11FN2O3. The van der Waals surface area contributed by atoms with Crippen LogP contribution in [0.15, 0.2) is 33.9 Å². The lowest BCUT2D eigenvalue weighted by Crippen LogP contribution is -2.31. The van der Waals surface area contributed by atoms with Crippen LogP contribution in [-0.4, -0.2) is 14.7 Å². The molecule has 0 saturated heterocycles. The SMILES string of the molecule is Cc1c(O)n(Cc2ccccc2F)c(=O)[nH]c1=O. The van der Waals surface area contributed by atoms with Crippen LogP contribution in [-0.2, 0) is 6.54 Å². The summed E-state index contributed by atoms with van der Waals surface area (Å²) >= 11 is 0. The normalized spacial score (nSPS) is 10.6. The molecule has 94 valence electrons. The number of H-pyrrole nitrogens is 1. The highest BCUT2D eigenvalue weighted by Gasteiger charge is 2.11. The Hall–Kier alpha value is -2.37. The molecule has 1 heterocycles. The molecule has 1 aromatic carbocycles. The molecule has 0 bridgehead atoms. The second kappa shape index (κ2) is 4.48. The van der Waals surface area contributed by atoms with Crippen molar-refractivity contribution < 1.29 is 9.50 Å². The third-order valence-electron chi connectivity index (χ3n) is 2.68. The number of aromatic hydroxyl groups is 1. The van der Waals surface area contributed by atoms with E-state index in [0.717, 1.165) is 4.57 Å². The third kappa shape index (κ3) is 2.04. The van der Waals surface area contributed by atoms with Gasteiger partial charge >= 0.3 is 5.69 Å². The quantitative estimate of drug-likeness (QED) is 0.825. The predicted molar refractivity (Wildman–Crippen MR) is 63.2 cm³/mol. The van der Waals surface area contributed by atoms with Crippen molar-refractivity contribution in [3.63, 3.8) is 0 Å². The van der Waals surface area contributed by atoms with Gasteiger partial charge in [-0.3, -0.25) is 14.3 Å². The van der Waals surface area contributed by atoms with Crippen molar-refractivity contribution in [1.82, 2.24) is 9.55 Å². The zero-order chi connectivity index (χ0) is 13.3. The van der Waals surface area contributed by atoms with Crippen LogP contribution in [0.3, 0.4) is 0 Å². The Morgan fingerprint density at radius 3 is 2.67 bits per heavy atom. The van der Waals surface area contributed by atoms with Crippen LogP contribution < -0.4 is 11.2 Å². The molecule has 0 amide bonds. The minimum Gasteiger partial charge on any atom is -0.494 e. The summed E-state index contributed by atoms with van der Waals surface area (Å²) < 4.78 is 14.4. The molecule has 0 radical (unpaired) electrons. The van der Waals surface area contributed by atoms with E-state index in [1.54, 1.807) is 6.07 Å². The van der Waals surface area contributed by atoms with E-state index in [9.17, 15) is 19.1 Å². The Kier molecular flexibility index (Phi) is 3.01. The minimum atomic E-state index is -0.772. The molecule has 0 aliphatic carbocycles. The van der Waals surface area contributed by atoms with E-state index >= 15 is 0 Å². The lowest BCUT2D eigenvalue weighted by Gasteiger charge is -2.09. The highest BCUT2D eigenvalue weighted by atomic mass is 19.1. The van der Waals surface area contributed by atoms with Crippen LogP contribution in [0, 0.1) is 12.7 Å². The smallest absolute Gasteiger partial charge is 0.331 e. The lowest BCUT2D eigenvalue weighted by atomic mass is 10.2. The number of hydrogen-bond acceptors (Lipinski definition) is 3. The van der Waals surface area contributed by atoms with E-state index in [1.165, 1.54) is 25.1 Å². The fraction of sp³-hybridized carbons (Fsp3) is 0.167. The van der Waals surface area contributed by atoms with E-state index in [4.69, 9.17) is 0 Å². The molecule has 1 aromatic heterocycles. The summed E-state index contributed by atoms with van der Waals surface area (Å²) in [6, 6.07) is 5.91. The minimum absolute atomic E-state index is 0.0194. The molecule has 0 unspecified atom stereocenters. The van der Waals surface area contributed by atoms with E-state index in [-0.39, 0.29) is 17.7 Å².